The summed E-state index contributed by atoms with van der Waals surface area (Å²) in [6.07, 6.45) is 3.57. The quantitative estimate of drug-likeness (QED) is 0.670. The third-order valence-electron chi connectivity index (χ3n) is 3.62. The van der Waals surface area contributed by atoms with E-state index in [4.69, 9.17) is 10.5 Å². The Hall–Kier alpha value is -0.650. The van der Waals surface area contributed by atoms with Gasteiger partial charge in [-0.25, -0.2) is 0 Å². The van der Waals surface area contributed by atoms with Crippen LogP contribution in [0.4, 0.5) is 0 Å². The number of carbonyl (C=O) groups excluding carboxylic acids is 1. The van der Waals surface area contributed by atoms with Crippen LogP contribution >= 0.6 is 0 Å². The zero-order valence-corrected chi connectivity index (χ0v) is 12.5. The SMILES string of the molecule is CCCCCNC(=O)C(C)N1CC(C)OC(CN)C1. The molecule has 19 heavy (non-hydrogen) atoms. The van der Waals surface area contributed by atoms with Crippen molar-refractivity contribution in [2.24, 2.45) is 5.73 Å². The Morgan fingerprint density at radius 2 is 2.21 bits per heavy atom. The minimum absolute atomic E-state index is 0.0408. The second-order valence-electron chi connectivity index (χ2n) is 5.43. The molecule has 1 aliphatic rings. The average Bonchev–Trinajstić information content (AvgIpc) is 2.41. The molecule has 1 rings (SSSR count). The van der Waals surface area contributed by atoms with Gasteiger partial charge in [-0.3, -0.25) is 9.69 Å². The Morgan fingerprint density at radius 1 is 1.47 bits per heavy atom. The van der Waals surface area contributed by atoms with E-state index in [2.05, 4.69) is 17.1 Å². The fourth-order valence-corrected chi connectivity index (χ4v) is 2.43. The van der Waals surface area contributed by atoms with E-state index >= 15 is 0 Å². The molecule has 1 saturated heterocycles. The van der Waals surface area contributed by atoms with Gasteiger partial charge in [0.25, 0.3) is 0 Å². The highest BCUT2D eigenvalue weighted by Crippen LogP contribution is 2.13. The van der Waals surface area contributed by atoms with E-state index in [1.807, 2.05) is 13.8 Å². The van der Waals surface area contributed by atoms with E-state index in [1.54, 1.807) is 0 Å². The minimum Gasteiger partial charge on any atom is -0.371 e. The molecule has 0 radical (unpaired) electrons. The normalized spacial score (nSPS) is 26.1. The number of hydrogen-bond donors (Lipinski definition) is 2. The molecule has 3 atom stereocenters. The monoisotopic (exact) mass is 271 g/mol. The first-order valence-corrected chi connectivity index (χ1v) is 7.45. The number of rotatable bonds is 7. The lowest BCUT2D eigenvalue weighted by molar-refractivity contribution is -0.132. The molecular weight excluding hydrogens is 242 g/mol. The van der Waals surface area contributed by atoms with Crippen LogP contribution in [0.1, 0.15) is 40.0 Å². The molecule has 0 aliphatic carbocycles. The van der Waals surface area contributed by atoms with Crippen molar-refractivity contribution in [3.63, 3.8) is 0 Å². The lowest BCUT2D eigenvalue weighted by Gasteiger charge is -2.39. The highest BCUT2D eigenvalue weighted by Gasteiger charge is 2.30. The summed E-state index contributed by atoms with van der Waals surface area (Å²) in [7, 11) is 0. The van der Waals surface area contributed by atoms with Crippen molar-refractivity contribution < 1.29 is 9.53 Å². The van der Waals surface area contributed by atoms with Gasteiger partial charge in [0, 0.05) is 26.2 Å². The van der Waals surface area contributed by atoms with Crippen molar-refractivity contribution in [2.75, 3.05) is 26.2 Å². The van der Waals surface area contributed by atoms with E-state index in [0.29, 0.717) is 6.54 Å². The molecule has 1 amide bonds. The van der Waals surface area contributed by atoms with Gasteiger partial charge in [0.1, 0.15) is 0 Å². The molecule has 0 bridgehead atoms. The zero-order chi connectivity index (χ0) is 14.3. The number of morpholine rings is 1. The Balaban J connectivity index is 2.37. The van der Waals surface area contributed by atoms with Crippen molar-refractivity contribution in [3.05, 3.63) is 0 Å². The molecular formula is C14H29N3O2. The number of hydrogen-bond acceptors (Lipinski definition) is 4. The molecule has 5 nitrogen and oxygen atoms in total. The van der Waals surface area contributed by atoms with Gasteiger partial charge in [-0.2, -0.15) is 0 Å². The number of nitrogens with one attached hydrogen (secondary N) is 1. The Kier molecular flexibility index (Phi) is 7.34. The summed E-state index contributed by atoms with van der Waals surface area (Å²) in [6.45, 7) is 8.96. The van der Waals surface area contributed by atoms with Crippen LogP contribution < -0.4 is 11.1 Å². The maximum absolute atomic E-state index is 12.1. The molecule has 3 N–H and O–H groups in total. The zero-order valence-electron chi connectivity index (χ0n) is 12.5. The number of ether oxygens (including phenoxy) is 1. The summed E-state index contributed by atoms with van der Waals surface area (Å²) in [5.74, 6) is 0.112. The van der Waals surface area contributed by atoms with Gasteiger partial charge in [-0.15, -0.1) is 0 Å². The number of unbranched alkanes of at least 4 members (excludes halogenated alkanes) is 2. The Morgan fingerprint density at radius 3 is 2.84 bits per heavy atom. The van der Waals surface area contributed by atoms with Crippen LogP contribution in [-0.4, -0.2) is 55.2 Å². The van der Waals surface area contributed by atoms with Crippen LogP contribution in [0, 0.1) is 0 Å². The van der Waals surface area contributed by atoms with Crippen molar-refractivity contribution in [3.8, 4) is 0 Å². The van der Waals surface area contributed by atoms with Crippen LogP contribution in [-0.2, 0) is 9.53 Å². The molecule has 0 aromatic rings. The highest BCUT2D eigenvalue weighted by atomic mass is 16.5. The highest BCUT2D eigenvalue weighted by molar-refractivity contribution is 5.81. The number of nitrogens with zero attached hydrogens (tertiary/aromatic N) is 1. The second-order valence-corrected chi connectivity index (χ2v) is 5.43. The third kappa shape index (κ3) is 5.47. The molecule has 0 saturated carbocycles. The fourth-order valence-electron chi connectivity index (χ4n) is 2.43. The van der Waals surface area contributed by atoms with Crippen LogP contribution in [0.15, 0.2) is 0 Å². The Labute approximate surface area is 116 Å². The number of nitrogens with two attached hydrogens (primary N) is 1. The average molecular weight is 271 g/mol. The van der Waals surface area contributed by atoms with Crippen LogP contribution in [0.3, 0.4) is 0 Å². The fraction of sp³-hybridized carbons (Fsp3) is 0.929. The molecule has 112 valence electrons. The smallest absolute Gasteiger partial charge is 0.237 e. The number of carbonyl (C=O) groups is 1. The van der Waals surface area contributed by atoms with Crippen molar-refractivity contribution in [1.29, 1.82) is 0 Å². The summed E-state index contributed by atoms with van der Waals surface area (Å²) in [6, 6.07) is -0.109. The maximum atomic E-state index is 12.1. The summed E-state index contributed by atoms with van der Waals surface area (Å²) in [5.41, 5.74) is 5.67. The van der Waals surface area contributed by atoms with Crippen molar-refractivity contribution in [2.45, 2.75) is 58.3 Å². The maximum Gasteiger partial charge on any atom is 0.237 e. The molecule has 0 aromatic heterocycles. The Bertz CT molecular complexity index is 273. The van der Waals surface area contributed by atoms with Gasteiger partial charge in [-0.1, -0.05) is 19.8 Å². The van der Waals surface area contributed by atoms with Gasteiger partial charge in [0.15, 0.2) is 0 Å². The third-order valence-corrected chi connectivity index (χ3v) is 3.62. The predicted octanol–water partition coefficient (Wildman–Crippen LogP) is 0.729. The van der Waals surface area contributed by atoms with E-state index in [1.165, 1.54) is 12.8 Å². The van der Waals surface area contributed by atoms with E-state index in [-0.39, 0.29) is 24.2 Å². The van der Waals surface area contributed by atoms with Gasteiger partial charge in [0.05, 0.1) is 18.2 Å². The molecule has 1 aliphatic heterocycles. The molecule has 5 heteroatoms. The summed E-state index contributed by atoms with van der Waals surface area (Å²) in [5, 5.41) is 3.01. The first kappa shape index (κ1) is 16.4. The van der Waals surface area contributed by atoms with Crippen molar-refractivity contribution in [1.82, 2.24) is 10.2 Å². The van der Waals surface area contributed by atoms with Gasteiger partial charge < -0.3 is 15.8 Å². The summed E-state index contributed by atoms with van der Waals surface area (Å²) < 4.78 is 5.71. The molecule has 0 aromatic carbocycles. The van der Waals surface area contributed by atoms with Gasteiger partial charge in [-0.05, 0) is 20.3 Å². The predicted molar refractivity (Wildman–Crippen MR) is 77.0 cm³/mol. The standard InChI is InChI=1S/C14H29N3O2/c1-4-5-6-7-16-14(18)12(3)17-9-11(2)19-13(8-15)10-17/h11-13H,4-10,15H2,1-3H3,(H,16,18). The summed E-state index contributed by atoms with van der Waals surface area (Å²) in [4.78, 5) is 14.2. The molecule has 1 fully saturated rings. The van der Waals surface area contributed by atoms with Crippen LogP contribution in [0.2, 0.25) is 0 Å². The van der Waals surface area contributed by atoms with E-state index in [9.17, 15) is 4.79 Å². The lowest BCUT2D eigenvalue weighted by Crippen LogP contribution is -2.56. The molecule has 0 spiro atoms. The first-order chi connectivity index (χ1) is 9.08. The largest absolute Gasteiger partial charge is 0.371 e. The molecule has 3 unspecified atom stereocenters. The lowest BCUT2D eigenvalue weighted by atomic mass is 10.1. The van der Waals surface area contributed by atoms with Gasteiger partial charge >= 0.3 is 0 Å². The van der Waals surface area contributed by atoms with Gasteiger partial charge in [0.2, 0.25) is 5.91 Å². The topological polar surface area (TPSA) is 67.6 Å². The first-order valence-electron chi connectivity index (χ1n) is 7.45. The minimum atomic E-state index is -0.109. The number of amides is 1. The van der Waals surface area contributed by atoms with Crippen LogP contribution in [0.5, 0.6) is 0 Å². The van der Waals surface area contributed by atoms with Crippen LogP contribution in [0.25, 0.3) is 0 Å². The molecule has 1 heterocycles. The summed E-state index contributed by atoms with van der Waals surface area (Å²) >= 11 is 0. The second kappa shape index (κ2) is 8.51. The van der Waals surface area contributed by atoms with Crippen molar-refractivity contribution >= 4 is 5.91 Å². The van der Waals surface area contributed by atoms with E-state index < -0.39 is 0 Å². The van der Waals surface area contributed by atoms with E-state index in [0.717, 1.165) is 26.1 Å².